The van der Waals surface area contributed by atoms with E-state index in [1.165, 1.54) is 13.2 Å². The van der Waals surface area contributed by atoms with E-state index in [0.29, 0.717) is 17.9 Å². The Hall–Kier alpha value is -0.800. The molecule has 1 aromatic rings. The molecule has 0 spiro atoms. The van der Waals surface area contributed by atoms with Gasteiger partial charge in [-0.1, -0.05) is 6.07 Å². The minimum absolute atomic E-state index is 0.123. The Balaban J connectivity index is 2.51. The fourth-order valence-electron chi connectivity index (χ4n) is 1.65. The van der Waals surface area contributed by atoms with E-state index in [9.17, 15) is 4.39 Å². The van der Waals surface area contributed by atoms with Crippen LogP contribution in [-0.2, 0) is 6.54 Å². The maximum atomic E-state index is 13.6. The lowest BCUT2D eigenvalue weighted by Crippen LogP contribution is -2.27. The molecule has 2 unspecified atom stereocenters. The summed E-state index contributed by atoms with van der Waals surface area (Å²) in [4.78, 5) is 0. The molecule has 0 aliphatic rings. The first-order valence-electron chi connectivity index (χ1n) is 5.72. The topological polar surface area (TPSA) is 21.3 Å². The molecule has 0 fully saturated rings. The first-order chi connectivity index (χ1) is 8.02. The predicted octanol–water partition coefficient (Wildman–Crippen LogP) is 3.33. The standard InChI is InChI=1S/C13H19ClFNO/c1-9(14)6-10(2)16-8-11-4-5-12(17-3)7-13(11)15/h4-5,7,9-10,16H,6,8H2,1-3H3. The van der Waals surface area contributed by atoms with Crippen molar-refractivity contribution in [1.29, 1.82) is 0 Å². The van der Waals surface area contributed by atoms with Gasteiger partial charge in [0.25, 0.3) is 0 Å². The molecule has 96 valence electrons. The van der Waals surface area contributed by atoms with Crippen molar-refractivity contribution in [3.8, 4) is 5.75 Å². The Morgan fingerprint density at radius 1 is 1.41 bits per heavy atom. The van der Waals surface area contributed by atoms with Crippen LogP contribution in [-0.4, -0.2) is 18.5 Å². The molecule has 1 rings (SSSR count). The highest BCUT2D eigenvalue weighted by Crippen LogP contribution is 2.16. The molecular weight excluding hydrogens is 241 g/mol. The second-order valence-electron chi connectivity index (χ2n) is 4.26. The Morgan fingerprint density at radius 3 is 2.65 bits per heavy atom. The lowest BCUT2D eigenvalue weighted by atomic mass is 10.1. The molecule has 0 radical (unpaired) electrons. The molecule has 0 saturated heterocycles. The molecule has 0 aliphatic heterocycles. The Bertz CT molecular complexity index is 357. The second kappa shape index (κ2) is 6.82. The summed E-state index contributed by atoms with van der Waals surface area (Å²) in [6, 6.07) is 5.16. The van der Waals surface area contributed by atoms with Gasteiger partial charge < -0.3 is 10.1 Å². The minimum atomic E-state index is -0.247. The molecule has 0 saturated carbocycles. The monoisotopic (exact) mass is 259 g/mol. The zero-order chi connectivity index (χ0) is 12.8. The average Bonchev–Trinajstić information content (AvgIpc) is 2.26. The molecule has 0 bridgehead atoms. The average molecular weight is 260 g/mol. The molecular formula is C13H19ClFNO. The van der Waals surface area contributed by atoms with Crippen LogP contribution in [0.2, 0.25) is 0 Å². The van der Waals surface area contributed by atoms with Crippen LogP contribution in [0.1, 0.15) is 25.8 Å². The summed E-state index contributed by atoms with van der Waals surface area (Å²) in [5.74, 6) is 0.289. The van der Waals surface area contributed by atoms with Gasteiger partial charge in [0.15, 0.2) is 0 Å². The van der Waals surface area contributed by atoms with Crippen LogP contribution in [0.15, 0.2) is 18.2 Å². The van der Waals surface area contributed by atoms with Crippen LogP contribution >= 0.6 is 11.6 Å². The van der Waals surface area contributed by atoms with E-state index in [1.807, 2.05) is 13.8 Å². The van der Waals surface area contributed by atoms with Crippen LogP contribution in [0, 0.1) is 5.82 Å². The van der Waals surface area contributed by atoms with Crippen molar-refractivity contribution < 1.29 is 9.13 Å². The highest BCUT2D eigenvalue weighted by atomic mass is 35.5. The van der Waals surface area contributed by atoms with Crippen molar-refractivity contribution in [3.63, 3.8) is 0 Å². The van der Waals surface area contributed by atoms with Gasteiger partial charge in [0.05, 0.1) is 7.11 Å². The molecule has 0 aromatic heterocycles. The number of benzene rings is 1. The predicted molar refractivity (Wildman–Crippen MR) is 69.2 cm³/mol. The SMILES string of the molecule is COc1ccc(CNC(C)CC(C)Cl)c(F)c1. The van der Waals surface area contributed by atoms with Gasteiger partial charge in [-0.2, -0.15) is 0 Å². The number of nitrogens with one attached hydrogen (secondary N) is 1. The second-order valence-corrected chi connectivity index (χ2v) is 5.00. The van der Waals surface area contributed by atoms with Gasteiger partial charge in [0.2, 0.25) is 0 Å². The molecule has 0 heterocycles. The summed E-state index contributed by atoms with van der Waals surface area (Å²) < 4.78 is 18.6. The third kappa shape index (κ3) is 4.92. The molecule has 4 heteroatoms. The van der Waals surface area contributed by atoms with Gasteiger partial charge in [0.1, 0.15) is 11.6 Å². The molecule has 17 heavy (non-hydrogen) atoms. The van der Waals surface area contributed by atoms with E-state index >= 15 is 0 Å². The fourth-order valence-corrected chi connectivity index (χ4v) is 1.92. The number of halogens is 2. The van der Waals surface area contributed by atoms with Gasteiger partial charge in [-0.05, 0) is 26.3 Å². The molecule has 2 nitrogen and oxygen atoms in total. The van der Waals surface area contributed by atoms with Crippen LogP contribution < -0.4 is 10.1 Å². The van der Waals surface area contributed by atoms with E-state index in [-0.39, 0.29) is 17.2 Å². The highest BCUT2D eigenvalue weighted by Gasteiger charge is 2.08. The van der Waals surface area contributed by atoms with E-state index in [2.05, 4.69) is 5.32 Å². The highest BCUT2D eigenvalue weighted by molar-refractivity contribution is 6.20. The van der Waals surface area contributed by atoms with Crippen LogP contribution in [0.3, 0.4) is 0 Å². The lowest BCUT2D eigenvalue weighted by Gasteiger charge is -2.15. The van der Waals surface area contributed by atoms with Gasteiger partial charge in [0, 0.05) is 29.6 Å². The molecule has 1 aromatic carbocycles. The number of alkyl halides is 1. The van der Waals surface area contributed by atoms with Gasteiger partial charge >= 0.3 is 0 Å². The summed E-state index contributed by atoms with van der Waals surface area (Å²) in [6.45, 7) is 4.49. The molecule has 0 amide bonds. The maximum Gasteiger partial charge on any atom is 0.131 e. The largest absolute Gasteiger partial charge is 0.497 e. The summed E-state index contributed by atoms with van der Waals surface area (Å²) in [5.41, 5.74) is 0.639. The summed E-state index contributed by atoms with van der Waals surface area (Å²) >= 11 is 5.89. The van der Waals surface area contributed by atoms with Crippen molar-refractivity contribution in [2.75, 3.05) is 7.11 Å². The zero-order valence-electron chi connectivity index (χ0n) is 10.5. The van der Waals surface area contributed by atoms with Crippen molar-refractivity contribution in [2.45, 2.75) is 38.2 Å². The summed E-state index contributed by atoms with van der Waals surface area (Å²) in [7, 11) is 1.52. The summed E-state index contributed by atoms with van der Waals surface area (Å²) in [6.07, 6.45) is 0.860. The van der Waals surface area contributed by atoms with Crippen LogP contribution in [0.25, 0.3) is 0 Å². The Kier molecular flexibility index (Phi) is 5.72. The maximum absolute atomic E-state index is 13.6. The first kappa shape index (κ1) is 14.3. The van der Waals surface area contributed by atoms with E-state index in [4.69, 9.17) is 16.3 Å². The molecule has 2 atom stereocenters. The third-order valence-corrected chi connectivity index (χ3v) is 2.76. The number of hydrogen-bond acceptors (Lipinski definition) is 2. The van der Waals surface area contributed by atoms with Crippen molar-refractivity contribution in [3.05, 3.63) is 29.6 Å². The van der Waals surface area contributed by atoms with Gasteiger partial charge in [-0.15, -0.1) is 11.6 Å². The summed E-state index contributed by atoms with van der Waals surface area (Å²) in [5, 5.41) is 3.37. The number of rotatable bonds is 6. The van der Waals surface area contributed by atoms with Crippen molar-refractivity contribution in [1.82, 2.24) is 5.32 Å². The van der Waals surface area contributed by atoms with Crippen LogP contribution in [0.5, 0.6) is 5.75 Å². The van der Waals surface area contributed by atoms with E-state index in [0.717, 1.165) is 6.42 Å². The Labute approximate surface area is 107 Å². The minimum Gasteiger partial charge on any atom is -0.497 e. The third-order valence-electron chi connectivity index (χ3n) is 2.58. The first-order valence-corrected chi connectivity index (χ1v) is 6.16. The quantitative estimate of drug-likeness (QED) is 0.792. The van der Waals surface area contributed by atoms with Gasteiger partial charge in [-0.25, -0.2) is 4.39 Å². The van der Waals surface area contributed by atoms with Crippen LogP contribution in [0.4, 0.5) is 4.39 Å². The zero-order valence-corrected chi connectivity index (χ0v) is 11.2. The number of hydrogen-bond donors (Lipinski definition) is 1. The fraction of sp³-hybridized carbons (Fsp3) is 0.538. The van der Waals surface area contributed by atoms with E-state index < -0.39 is 0 Å². The van der Waals surface area contributed by atoms with E-state index in [1.54, 1.807) is 12.1 Å². The normalized spacial score (nSPS) is 14.4. The Morgan fingerprint density at radius 2 is 2.12 bits per heavy atom. The lowest BCUT2D eigenvalue weighted by molar-refractivity contribution is 0.410. The van der Waals surface area contributed by atoms with Crippen molar-refractivity contribution >= 4 is 11.6 Å². The smallest absolute Gasteiger partial charge is 0.131 e. The van der Waals surface area contributed by atoms with Gasteiger partial charge in [-0.3, -0.25) is 0 Å². The number of methoxy groups -OCH3 is 1. The molecule has 0 aliphatic carbocycles. The molecule has 1 N–H and O–H groups in total. The number of ether oxygens (including phenoxy) is 1. The van der Waals surface area contributed by atoms with Crippen molar-refractivity contribution in [2.24, 2.45) is 0 Å².